The molecule has 7 aromatic carbocycles. The number of nitrogens with zero attached hydrogens (tertiary/aromatic N) is 2. The maximum Gasteiger partial charge on any atom is 0.0542 e. The van der Waals surface area contributed by atoms with E-state index in [4.69, 9.17) is 0 Å². The van der Waals surface area contributed by atoms with Gasteiger partial charge in [0, 0.05) is 60.1 Å². The van der Waals surface area contributed by atoms with Crippen LogP contribution in [0.5, 0.6) is 0 Å². The Morgan fingerprint density at radius 1 is 0.511 bits per heavy atom. The van der Waals surface area contributed by atoms with Crippen LogP contribution in [-0.2, 0) is 6.54 Å². The van der Waals surface area contributed by atoms with Crippen LogP contribution in [0.2, 0.25) is 0 Å². The van der Waals surface area contributed by atoms with Crippen LogP contribution < -0.4 is 4.90 Å². The maximum absolute atomic E-state index is 2.47. The summed E-state index contributed by atoms with van der Waals surface area (Å²) < 4.78 is 5.13. The van der Waals surface area contributed by atoms with Crippen molar-refractivity contribution in [2.45, 2.75) is 13.5 Å². The summed E-state index contributed by atoms with van der Waals surface area (Å²) in [7, 11) is 0. The molecule has 9 aromatic rings. The van der Waals surface area contributed by atoms with E-state index in [0.717, 1.165) is 6.54 Å². The number of para-hydroxylation sites is 2. The zero-order valence-electron chi connectivity index (χ0n) is 25.9. The molecule has 0 spiro atoms. The topological polar surface area (TPSA) is 8.17 Å². The Balaban J connectivity index is 1.14. The predicted octanol–water partition coefficient (Wildman–Crippen LogP) is 12.4. The summed E-state index contributed by atoms with van der Waals surface area (Å²) in [5, 5.41) is 5.20. The predicted molar refractivity (Wildman–Crippen MR) is 202 cm³/mol. The molecule has 0 fully saturated rings. The van der Waals surface area contributed by atoms with Crippen LogP contribution >= 0.6 is 11.3 Å². The summed E-state index contributed by atoms with van der Waals surface area (Å²) in [6.45, 7) is 3.02. The molecule has 3 heteroatoms. The molecule has 0 saturated carbocycles. The molecule has 0 amide bonds. The summed E-state index contributed by atoms with van der Waals surface area (Å²) in [6, 6.07) is 56.1. The van der Waals surface area contributed by atoms with Crippen molar-refractivity contribution in [1.29, 1.82) is 0 Å². The molecule has 0 atom stereocenters. The summed E-state index contributed by atoms with van der Waals surface area (Å²) in [5.41, 5.74) is 13.9. The van der Waals surface area contributed by atoms with Crippen LogP contribution in [0.4, 0.5) is 11.4 Å². The molecule has 0 unspecified atom stereocenters. The molecule has 0 saturated heterocycles. The van der Waals surface area contributed by atoms with E-state index in [1.54, 1.807) is 0 Å². The standard InChI is InChI=1S/C44H30N2S/c1-28-20-22-37-38-17-9-16-34(44(38)47-43(37)24-28)29-11-8-12-32(25-29)46-41-19-7-5-15-36(41)39-26-31(21-23-42(39)46)45-27-30-10-2-3-13-33(30)35-14-4-6-18-40(35)45/h2-26H,27H2,1H3. The molecule has 1 aliphatic rings. The highest BCUT2D eigenvalue weighted by molar-refractivity contribution is 7.26. The minimum absolute atomic E-state index is 0.849. The van der Waals surface area contributed by atoms with Gasteiger partial charge < -0.3 is 9.47 Å². The first kappa shape index (κ1) is 26.6. The normalized spacial score (nSPS) is 12.7. The number of hydrogen-bond donors (Lipinski definition) is 0. The fourth-order valence-corrected chi connectivity index (χ4v) is 9.03. The SMILES string of the molecule is Cc1ccc2c(c1)sc1c(-c3cccc(-n4c5ccccc5c5cc(N6Cc7ccccc7-c7ccccc76)ccc54)c3)cccc12. The Morgan fingerprint density at radius 3 is 2.23 bits per heavy atom. The number of rotatable bonds is 3. The van der Waals surface area contributed by atoms with Gasteiger partial charge in [0.05, 0.1) is 11.0 Å². The molecule has 0 aliphatic carbocycles. The Kier molecular flexibility index (Phi) is 5.76. The second-order valence-electron chi connectivity index (χ2n) is 12.6. The van der Waals surface area contributed by atoms with Crippen molar-refractivity contribution >= 4 is 64.7 Å². The Labute approximate surface area is 277 Å². The second kappa shape index (κ2) is 10.2. The summed E-state index contributed by atoms with van der Waals surface area (Å²) in [5.74, 6) is 0. The lowest BCUT2D eigenvalue weighted by Crippen LogP contribution is -2.21. The first-order chi connectivity index (χ1) is 23.2. The molecule has 1 aliphatic heterocycles. The van der Waals surface area contributed by atoms with Crippen LogP contribution in [0.15, 0.2) is 152 Å². The number of hydrogen-bond acceptors (Lipinski definition) is 2. The van der Waals surface area contributed by atoms with E-state index in [9.17, 15) is 0 Å². The van der Waals surface area contributed by atoms with Gasteiger partial charge in [-0.1, -0.05) is 103 Å². The van der Waals surface area contributed by atoms with Crippen molar-refractivity contribution < 1.29 is 0 Å². The van der Waals surface area contributed by atoms with E-state index in [0.29, 0.717) is 0 Å². The lowest BCUT2D eigenvalue weighted by Gasteiger charge is -2.33. The molecule has 0 radical (unpaired) electrons. The van der Waals surface area contributed by atoms with Crippen molar-refractivity contribution in [2.24, 2.45) is 0 Å². The van der Waals surface area contributed by atoms with E-state index in [1.807, 2.05) is 11.3 Å². The molecule has 2 nitrogen and oxygen atoms in total. The third-order valence-corrected chi connectivity index (χ3v) is 11.1. The van der Waals surface area contributed by atoms with Gasteiger partial charge in [-0.2, -0.15) is 0 Å². The fourth-order valence-electron chi connectivity index (χ4n) is 7.70. The highest BCUT2D eigenvalue weighted by Gasteiger charge is 2.24. The third-order valence-electron chi connectivity index (χ3n) is 9.87. The van der Waals surface area contributed by atoms with Gasteiger partial charge in [0.2, 0.25) is 0 Å². The molecular formula is C44H30N2S. The highest BCUT2D eigenvalue weighted by Crippen LogP contribution is 2.45. The van der Waals surface area contributed by atoms with E-state index in [2.05, 4.69) is 168 Å². The Morgan fingerprint density at radius 2 is 1.28 bits per heavy atom. The first-order valence-corrected chi connectivity index (χ1v) is 17.0. The molecule has 10 rings (SSSR count). The Bertz CT molecular complexity index is 2690. The molecule has 0 bridgehead atoms. The van der Waals surface area contributed by atoms with Gasteiger partial charge in [-0.15, -0.1) is 11.3 Å². The van der Waals surface area contributed by atoms with Gasteiger partial charge in [-0.3, -0.25) is 0 Å². The average Bonchev–Trinajstić information content (AvgIpc) is 3.66. The molecule has 0 N–H and O–H groups in total. The van der Waals surface area contributed by atoms with E-state index in [1.165, 1.54) is 92.4 Å². The van der Waals surface area contributed by atoms with Crippen molar-refractivity contribution in [2.75, 3.05) is 4.90 Å². The van der Waals surface area contributed by atoms with Crippen molar-refractivity contribution in [3.05, 3.63) is 163 Å². The molecular weight excluding hydrogens is 589 g/mol. The molecule has 3 heterocycles. The number of thiophene rings is 1. The van der Waals surface area contributed by atoms with Crippen molar-refractivity contribution in [3.8, 4) is 27.9 Å². The van der Waals surface area contributed by atoms with Crippen LogP contribution in [0, 0.1) is 6.92 Å². The number of benzene rings is 7. The van der Waals surface area contributed by atoms with Gasteiger partial charge in [0.15, 0.2) is 0 Å². The minimum atomic E-state index is 0.849. The lowest BCUT2D eigenvalue weighted by molar-refractivity contribution is 0.962. The quantitative estimate of drug-likeness (QED) is 0.191. The van der Waals surface area contributed by atoms with Gasteiger partial charge in [0.25, 0.3) is 0 Å². The minimum Gasteiger partial charge on any atom is -0.336 e. The van der Waals surface area contributed by atoms with Crippen molar-refractivity contribution in [3.63, 3.8) is 0 Å². The van der Waals surface area contributed by atoms with Crippen LogP contribution in [0.25, 0.3) is 69.9 Å². The highest BCUT2D eigenvalue weighted by atomic mass is 32.1. The van der Waals surface area contributed by atoms with Gasteiger partial charge in [-0.25, -0.2) is 0 Å². The van der Waals surface area contributed by atoms with E-state index < -0.39 is 0 Å². The van der Waals surface area contributed by atoms with Crippen LogP contribution in [0.3, 0.4) is 0 Å². The zero-order chi connectivity index (χ0) is 31.1. The summed E-state index contributed by atoms with van der Waals surface area (Å²) in [6.07, 6.45) is 0. The maximum atomic E-state index is 2.47. The third kappa shape index (κ3) is 4.03. The van der Waals surface area contributed by atoms with Crippen molar-refractivity contribution in [1.82, 2.24) is 4.57 Å². The van der Waals surface area contributed by atoms with E-state index >= 15 is 0 Å². The van der Waals surface area contributed by atoms with Crippen LogP contribution in [-0.4, -0.2) is 4.57 Å². The zero-order valence-corrected chi connectivity index (χ0v) is 26.8. The number of fused-ring (bicyclic) bond motifs is 9. The van der Waals surface area contributed by atoms with Gasteiger partial charge in [-0.05, 0) is 83.3 Å². The number of aromatic nitrogens is 1. The second-order valence-corrected chi connectivity index (χ2v) is 13.7. The fraction of sp³-hybridized carbons (Fsp3) is 0.0455. The summed E-state index contributed by atoms with van der Waals surface area (Å²) >= 11 is 1.90. The summed E-state index contributed by atoms with van der Waals surface area (Å²) in [4.78, 5) is 2.47. The first-order valence-electron chi connectivity index (χ1n) is 16.2. The monoisotopic (exact) mass is 618 g/mol. The smallest absolute Gasteiger partial charge is 0.0542 e. The Hall–Kier alpha value is -5.64. The largest absolute Gasteiger partial charge is 0.336 e. The molecule has 47 heavy (non-hydrogen) atoms. The van der Waals surface area contributed by atoms with Crippen LogP contribution in [0.1, 0.15) is 11.1 Å². The molecule has 2 aromatic heterocycles. The van der Waals surface area contributed by atoms with Gasteiger partial charge >= 0.3 is 0 Å². The number of anilines is 2. The van der Waals surface area contributed by atoms with E-state index in [-0.39, 0.29) is 0 Å². The van der Waals surface area contributed by atoms with Gasteiger partial charge in [0.1, 0.15) is 0 Å². The average molecular weight is 619 g/mol. The number of aryl methyl sites for hydroxylation is 1. The lowest BCUT2D eigenvalue weighted by atomic mass is 9.93. The molecule has 222 valence electrons.